The molecule has 14 nitrogen and oxygen atoms in total. The molecule has 0 saturated carbocycles. The highest BCUT2D eigenvalue weighted by molar-refractivity contribution is 6.02. The van der Waals surface area contributed by atoms with Crippen molar-refractivity contribution in [1.82, 2.24) is 15.6 Å². The van der Waals surface area contributed by atoms with Crippen LogP contribution in [0.5, 0.6) is 5.75 Å². The van der Waals surface area contributed by atoms with Gasteiger partial charge in [-0.15, -0.1) is 0 Å². The second kappa shape index (κ2) is 17.8. The predicted molar refractivity (Wildman–Crippen MR) is 189 cm³/mol. The van der Waals surface area contributed by atoms with Crippen LogP contribution in [0.4, 0.5) is 15.3 Å². The summed E-state index contributed by atoms with van der Waals surface area (Å²) in [4.78, 5) is 66.2. The van der Waals surface area contributed by atoms with Gasteiger partial charge in [0.2, 0.25) is 11.9 Å². The Hall–Kier alpha value is -5.76. The summed E-state index contributed by atoms with van der Waals surface area (Å²) >= 11 is 0. The van der Waals surface area contributed by atoms with Crippen LogP contribution < -0.4 is 21.2 Å². The smallest absolute Gasteiger partial charge is 0.431 e. The van der Waals surface area contributed by atoms with Crippen LogP contribution in [0.3, 0.4) is 0 Å². The van der Waals surface area contributed by atoms with E-state index in [2.05, 4.69) is 15.6 Å². The first kappa shape index (κ1) is 39.7. The summed E-state index contributed by atoms with van der Waals surface area (Å²) in [5, 5.41) is 15.0. The Morgan fingerprint density at radius 1 is 0.824 bits per heavy atom. The lowest BCUT2D eigenvalue weighted by molar-refractivity contribution is -0.141. The Kier molecular flexibility index (Phi) is 13.8. The highest BCUT2D eigenvalue weighted by atomic mass is 16.6. The maximum absolute atomic E-state index is 12.8. The summed E-state index contributed by atoms with van der Waals surface area (Å²) < 4.78 is 16.0. The van der Waals surface area contributed by atoms with Crippen molar-refractivity contribution in [2.24, 2.45) is 10.8 Å². The summed E-state index contributed by atoms with van der Waals surface area (Å²) in [6.45, 7) is 9.97. The average Bonchev–Trinajstić information content (AvgIpc) is 3.03. The molecule has 3 amide bonds. The number of nitrogens with two attached hydrogens (primary N) is 1. The number of aryl methyl sites for hydroxylation is 1. The molecule has 1 atom stereocenters. The number of carbonyl (C=O) groups excluding carboxylic acids is 4. The van der Waals surface area contributed by atoms with Gasteiger partial charge in [-0.25, -0.2) is 30.0 Å². The summed E-state index contributed by atoms with van der Waals surface area (Å²) in [6, 6.07) is 20.7. The lowest BCUT2D eigenvalue weighted by atomic mass is 10.0. The number of hydrogen-bond acceptors (Lipinski definition) is 10. The molecule has 0 aliphatic carbocycles. The third-order valence-electron chi connectivity index (χ3n) is 6.69. The van der Waals surface area contributed by atoms with Crippen LogP contribution in [0.2, 0.25) is 0 Å². The van der Waals surface area contributed by atoms with Crippen LogP contribution in [0, 0.1) is 0 Å². The molecule has 14 heteroatoms. The number of hydrazine groups is 1. The average molecular weight is 704 g/mol. The number of esters is 1. The molecular weight excluding hydrogens is 658 g/mol. The summed E-state index contributed by atoms with van der Waals surface area (Å²) in [7, 11) is 0. The third-order valence-corrected chi connectivity index (χ3v) is 6.69. The number of hydrogen-bond donors (Lipinski definition) is 4. The van der Waals surface area contributed by atoms with E-state index in [0.717, 1.165) is 11.1 Å². The van der Waals surface area contributed by atoms with Gasteiger partial charge in [-0.3, -0.25) is 10.1 Å². The molecule has 0 radical (unpaired) electrons. The molecule has 0 unspecified atom stereocenters. The predicted octanol–water partition coefficient (Wildman–Crippen LogP) is 5.66. The minimum absolute atomic E-state index is 0.151. The van der Waals surface area contributed by atoms with Crippen molar-refractivity contribution in [2.45, 2.75) is 84.5 Å². The van der Waals surface area contributed by atoms with E-state index in [4.69, 9.17) is 20.1 Å². The van der Waals surface area contributed by atoms with Gasteiger partial charge >= 0.3 is 24.1 Å². The second-order valence-electron chi connectivity index (χ2n) is 13.5. The first-order valence-corrected chi connectivity index (χ1v) is 16.2. The monoisotopic (exact) mass is 703 g/mol. The Morgan fingerprint density at radius 3 is 2.00 bits per heavy atom. The molecule has 0 aromatic heterocycles. The number of aliphatic imine (C=N–C) groups is 1. The first-order valence-electron chi connectivity index (χ1n) is 16.2. The van der Waals surface area contributed by atoms with Crippen LogP contribution in [0.15, 0.2) is 83.9 Å². The van der Waals surface area contributed by atoms with Gasteiger partial charge in [-0.1, -0.05) is 42.5 Å². The number of carboxylic acid groups (broad SMARTS) is 1. The zero-order chi connectivity index (χ0) is 37.8. The van der Waals surface area contributed by atoms with Crippen molar-refractivity contribution < 1.29 is 43.3 Å². The van der Waals surface area contributed by atoms with Gasteiger partial charge < -0.3 is 24.6 Å². The number of ether oxygens (including phenoxy) is 3. The lowest BCUT2D eigenvalue weighted by Crippen LogP contribution is -2.53. The zero-order valence-corrected chi connectivity index (χ0v) is 29.6. The molecule has 0 spiro atoms. The SMILES string of the molecule is CC(C)(C)OC(=O)NC(=Nc1ccc(C(=O)Oc2ccc(CCCC(=O)N[C@@H](Cc3ccccc3)C(=O)O)cc2)cc1)N(N)C(=O)OC(C)(C)C. The fourth-order valence-electron chi connectivity index (χ4n) is 4.39. The van der Waals surface area contributed by atoms with E-state index in [1.807, 2.05) is 30.3 Å². The Bertz CT molecular complexity index is 1700. The Balaban J connectivity index is 1.57. The number of rotatable bonds is 11. The minimum atomic E-state index is -1.10. The summed E-state index contributed by atoms with van der Waals surface area (Å²) in [5.41, 5.74) is 0.457. The van der Waals surface area contributed by atoms with Gasteiger partial charge in [0.1, 0.15) is 23.0 Å². The molecule has 272 valence electrons. The molecule has 0 bridgehead atoms. The fraction of sp³-hybridized carbons (Fsp3) is 0.351. The molecule has 3 rings (SSSR count). The maximum Gasteiger partial charge on any atom is 0.431 e. The lowest BCUT2D eigenvalue weighted by Gasteiger charge is -2.26. The van der Waals surface area contributed by atoms with Crippen molar-refractivity contribution in [3.8, 4) is 5.75 Å². The van der Waals surface area contributed by atoms with Crippen LogP contribution in [-0.4, -0.2) is 63.4 Å². The van der Waals surface area contributed by atoms with E-state index < -0.39 is 41.4 Å². The quantitative estimate of drug-likeness (QED) is 0.0367. The Labute approximate surface area is 296 Å². The molecular formula is C37H45N5O9. The molecule has 0 heterocycles. The van der Waals surface area contributed by atoms with Crippen molar-refractivity contribution in [1.29, 1.82) is 0 Å². The number of carbonyl (C=O) groups is 5. The van der Waals surface area contributed by atoms with Gasteiger partial charge in [0.25, 0.3) is 0 Å². The van der Waals surface area contributed by atoms with Crippen molar-refractivity contribution in [2.75, 3.05) is 0 Å². The standard InChI is InChI=1S/C37H45N5O9/c1-36(2,3)50-34(47)41-33(42(38)35(48)51-37(4,5)6)39-27-19-17-26(18-20-27)32(46)49-28-21-15-24(16-22-28)13-10-14-30(43)40-29(31(44)45)23-25-11-8-7-9-12-25/h7-9,11-12,15-22,29H,10,13-14,23,38H2,1-6H3,(H,40,43)(H,44,45)(H,39,41,47)/t29-/m0/s1. The van der Waals surface area contributed by atoms with Crippen LogP contribution >= 0.6 is 0 Å². The molecule has 3 aromatic carbocycles. The molecule has 51 heavy (non-hydrogen) atoms. The van der Waals surface area contributed by atoms with Crippen LogP contribution in [-0.2, 0) is 31.9 Å². The second-order valence-corrected chi connectivity index (χ2v) is 13.5. The van der Waals surface area contributed by atoms with E-state index in [-0.39, 0.29) is 36.0 Å². The number of amides is 3. The Morgan fingerprint density at radius 2 is 1.43 bits per heavy atom. The van der Waals surface area contributed by atoms with Gasteiger partial charge in [0.05, 0.1) is 11.3 Å². The number of nitrogens with one attached hydrogen (secondary N) is 2. The summed E-state index contributed by atoms with van der Waals surface area (Å²) in [6.07, 6.45) is -0.487. The number of carboxylic acids is 1. The normalized spacial score (nSPS) is 12.3. The van der Waals surface area contributed by atoms with E-state index >= 15 is 0 Å². The van der Waals surface area contributed by atoms with E-state index in [1.54, 1.807) is 65.8 Å². The topological polar surface area (TPSA) is 199 Å². The molecule has 3 aromatic rings. The fourth-order valence-corrected chi connectivity index (χ4v) is 4.39. The van der Waals surface area contributed by atoms with E-state index in [1.165, 1.54) is 24.3 Å². The van der Waals surface area contributed by atoms with E-state index in [9.17, 15) is 29.1 Å². The van der Waals surface area contributed by atoms with Gasteiger partial charge in [-0.2, -0.15) is 5.01 Å². The molecule has 0 aliphatic rings. The highest BCUT2D eigenvalue weighted by Gasteiger charge is 2.27. The highest BCUT2D eigenvalue weighted by Crippen LogP contribution is 2.19. The van der Waals surface area contributed by atoms with Crippen molar-refractivity contribution in [3.63, 3.8) is 0 Å². The number of guanidine groups is 1. The maximum atomic E-state index is 12.8. The van der Waals surface area contributed by atoms with Crippen molar-refractivity contribution in [3.05, 3.63) is 95.6 Å². The largest absolute Gasteiger partial charge is 0.480 e. The molecule has 0 aliphatic heterocycles. The zero-order valence-electron chi connectivity index (χ0n) is 29.6. The molecule has 0 saturated heterocycles. The molecule has 0 fully saturated rings. The third kappa shape index (κ3) is 14.3. The molecule has 5 N–H and O–H groups in total. The first-order chi connectivity index (χ1) is 23.9. The van der Waals surface area contributed by atoms with Crippen molar-refractivity contribution >= 4 is 41.7 Å². The number of nitrogens with zero attached hydrogens (tertiary/aromatic N) is 2. The number of alkyl carbamates (subject to hydrolysis) is 1. The van der Waals surface area contributed by atoms with Gasteiger partial charge in [0, 0.05) is 12.8 Å². The minimum Gasteiger partial charge on any atom is -0.480 e. The number of aliphatic carboxylic acids is 1. The van der Waals surface area contributed by atoms with E-state index in [0.29, 0.717) is 23.6 Å². The summed E-state index contributed by atoms with van der Waals surface area (Å²) in [5.74, 6) is 3.78. The van der Waals surface area contributed by atoms with Gasteiger partial charge in [-0.05, 0) is 102 Å². The number of benzene rings is 3. The van der Waals surface area contributed by atoms with Gasteiger partial charge in [0.15, 0.2) is 0 Å². The van der Waals surface area contributed by atoms with Crippen LogP contribution in [0.25, 0.3) is 0 Å². The van der Waals surface area contributed by atoms with Crippen LogP contribution in [0.1, 0.15) is 75.9 Å².